The van der Waals surface area contributed by atoms with Crippen LogP contribution in [0, 0.1) is 12.8 Å². The smallest absolute Gasteiger partial charge is 0.258 e. The molecule has 1 atom stereocenters. The number of aromatic amines is 1. The fourth-order valence-electron chi connectivity index (χ4n) is 3.94. The molecule has 1 aliphatic heterocycles. The average Bonchev–Trinajstić information content (AvgIpc) is 2.74. The Morgan fingerprint density at radius 1 is 1.23 bits per heavy atom. The molecule has 1 unspecified atom stereocenters. The Bertz CT molecular complexity index is 1240. The number of likely N-dealkylation sites (tertiary alicyclic amines) is 1. The number of halogens is 1. The molecular formula is C22H25ClN4O3S. The van der Waals surface area contributed by atoms with Gasteiger partial charge in [0.15, 0.2) is 0 Å². The summed E-state index contributed by atoms with van der Waals surface area (Å²) in [4.78, 5) is 22.3. The minimum absolute atomic E-state index is 0.194. The zero-order valence-corrected chi connectivity index (χ0v) is 18.8. The van der Waals surface area contributed by atoms with E-state index in [1.54, 1.807) is 42.5 Å². The predicted molar refractivity (Wildman–Crippen MR) is 122 cm³/mol. The molecule has 9 heteroatoms. The molecule has 0 saturated carbocycles. The van der Waals surface area contributed by atoms with Crippen LogP contribution in [0.25, 0.3) is 10.9 Å². The van der Waals surface area contributed by atoms with Gasteiger partial charge in [-0.25, -0.2) is 18.1 Å². The summed E-state index contributed by atoms with van der Waals surface area (Å²) in [5, 5.41) is 0.970. The highest BCUT2D eigenvalue weighted by Gasteiger charge is 2.23. The van der Waals surface area contributed by atoms with Crippen molar-refractivity contribution in [3.63, 3.8) is 0 Å². The summed E-state index contributed by atoms with van der Waals surface area (Å²) in [6.45, 7) is 4.43. The van der Waals surface area contributed by atoms with Gasteiger partial charge in [-0.3, -0.25) is 9.69 Å². The van der Waals surface area contributed by atoms with E-state index in [1.165, 1.54) is 0 Å². The van der Waals surface area contributed by atoms with E-state index in [0.29, 0.717) is 34.8 Å². The lowest BCUT2D eigenvalue weighted by atomic mass is 9.98. The fourth-order valence-corrected chi connectivity index (χ4v) is 5.22. The summed E-state index contributed by atoms with van der Waals surface area (Å²) < 4.78 is 27.9. The van der Waals surface area contributed by atoms with Crippen molar-refractivity contribution in [3.05, 3.63) is 69.2 Å². The molecule has 3 aromatic rings. The van der Waals surface area contributed by atoms with Crippen molar-refractivity contribution in [1.29, 1.82) is 0 Å². The Morgan fingerprint density at radius 2 is 2.00 bits per heavy atom. The van der Waals surface area contributed by atoms with Crippen molar-refractivity contribution in [2.45, 2.75) is 31.2 Å². The van der Waals surface area contributed by atoms with Gasteiger partial charge in [0.05, 0.1) is 22.3 Å². The van der Waals surface area contributed by atoms with Gasteiger partial charge in [-0.15, -0.1) is 0 Å². The maximum Gasteiger partial charge on any atom is 0.258 e. The number of hydrogen-bond donors (Lipinski definition) is 2. The highest BCUT2D eigenvalue weighted by Crippen LogP contribution is 2.19. The van der Waals surface area contributed by atoms with Gasteiger partial charge in [0, 0.05) is 18.1 Å². The molecule has 2 aromatic carbocycles. The lowest BCUT2D eigenvalue weighted by Gasteiger charge is -2.32. The molecule has 2 N–H and O–H groups in total. The number of aromatic nitrogens is 2. The number of nitrogens with zero attached hydrogens (tertiary/aromatic N) is 2. The van der Waals surface area contributed by atoms with Gasteiger partial charge in [-0.1, -0.05) is 29.3 Å². The van der Waals surface area contributed by atoms with Gasteiger partial charge in [-0.05, 0) is 62.6 Å². The molecule has 0 radical (unpaired) electrons. The quantitative estimate of drug-likeness (QED) is 0.589. The molecule has 164 valence electrons. The van der Waals surface area contributed by atoms with Crippen LogP contribution in [0.15, 0.2) is 52.2 Å². The number of fused-ring (bicyclic) bond motifs is 1. The average molecular weight is 461 g/mol. The molecule has 1 aromatic heterocycles. The van der Waals surface area contributed by atoms with Gasteiger partial charge < -0.3 is 4.98 Å². The van der Waals surface area contributed by atoms with E-state index in [2.05, 4.69) is 19.6 Å². The first-order valence-corrected chi connectivity index (χ1v) is 12.1. The second-order valence-corrected chi connectivity index (χ2v) is 10.3. The van der Waals surface area contributed by atoms with E-state index in [9.17, 15) is 13.2 Å². The number of rotatable bonds is 6. The lowest BCUT2D eigenvalue weighted by molar-refractivity contribution is 0.165. The molecule has 4 rings (SSSR count). The van der Waals surface area contributed by atoms with Crippen molar-refractivity contribution >= 4 is 32.5 Å². The molecule has 7 nitrogen and oxygen atoms in total. The van der Waals surface area contributed by atoms with Crippen molar-refractivity contribution in [1.82, 2.24) is 19.6 Å². The van der Waals surface area contributed by atoms with Crippen LogP contribution in [0.5, 0.6) is 0 Å². The van der Waals surface area contributed by atoms with E-state index >= 15 is 0 Å². The van der Waals surface area contributed by atoms with E-state index in [-0.39, 0.29) is 16.4 Å². The third kappa shape index (κ3) is 5.33. The highest BCUT2D eigenvalue weighted by molar-refractivity contribution is 7.89. The topological polar surface area (TPSA) is 95.2 Å². The standard InChI is InChI=1S/C22H25ClN4O3S/c1-15-4-7-18(8-5-15)31(29,30)24-12-16-3-2-10-27(13-16)14-21-25-20-9-6-17(23)11-19(20)22(28)26-21/h4-9,11,16,24H,2-3,10,12-14H2,1H3,(H,25,26,28). The molecule has 1 saturated heterocycles. The maximum atomic E-state index is 12.6. The molecule has 2 heterocycles. The first kappa shape index (κ1) is 22.0. The molecular weight excluding hydrogens is 436 g/mol. The molecule has 31 heavy (non-hydrogen) atoms. The second-order valence-electron chi connectivity index (χ2n) is 8.08. The van der Waals surface area contributed by atoms with Gasteiger partial charge in [-0.2, -0.15) is 0 Å². The largest absolute Gasteiger partial charge is 0.309 e. The molecule has 0 bridgehead atoms. The highest BCUT2D eigenvalue weighted by atomic mass is 35.5. The van der Waals surface area contributed by atoms with Crippen molar-refractivity contribution < 1.29 is 8.42 Å². The SMILES string of the molecule is Cc1ccc(S(=O)(=O)NCC2CCCN(Cc3nc4ccc(Cl)cc4c(=O)[nH]3)C2)cc1. The van der Waals surface area contributed by atoms with Crippen LogP contribution >= 0.6 is 11.6 Å². The summed E-state index contributed by atoms with van der Waals surface area (Å²) in [6.07, 6.45) is 1.91. The van der Waals surface area contributed by atoms with Crippen molar-refractivity contribution in [2.75, 3.05) is 19.6 Å². The zero-order chi connectivity index (χ0) is 22.0. The van der Waals surface area contributed by atoms with E-state index in [0.717, 1.165) is 31.5 Å². The van der Waals surface area contributed by atoms with E-state index < -0.39 is 10.0 Å². The summed E-state index contributed by atoms with van der Waals surface area (Å²) in [5.74, 6) is 0.792. The first-order chi connectivity index (χ1) is 14.8. The molecule has 0 aliphatic carbocycles. The molecule has 1 fully saturated rings. The number of hydrogen-bond acceptors (Lipinski definition) is 5. The molecule has 0 amide bonds. The van der Waals surface area contributed by atoms with Crippen molar-refractivity contribution in [2.24, 2.45) is 5.92 Å². The number of H-pyrrole nitrogens is 1. The second kappa shape index (κ2) is 9.08. The summed E-state index contributed by atoms with van der Waals surface area (Å²) in [6, 6.07) is 11.9. The van der Waals surface area contributed by atoms with Crippen LogP contribution in [-0.2, 0) is 16.6 Å². The lowest BCUT2D eigenvalue weighted by Crippen LogP contribution is -2.41. The van der Waals surface area contributed by atoms with Gasteiger partial charge in [0.1, 0.15) is 5.82 Å². The Balaban J connectivity index is 1.40. The van der Waals surface area contributed by atoms with Gasteiger partial charge in [0.25, 0.3) is 5.56 Å². The number of nitrogens with one attached hydrogen (secondary N) is 2. The Labute approximate surface area is 186 Å². The number of benzene rings is 2. The molecule has 1 aliphatic rings. The third-order valence-corrected chi connectivity index (χ3v) is 7.26. The molecule has 0 spiro atoms. The van der Waals surface area contributed by atoms with Crippen LogP contribution in [0.4, 0.5) is 0 Å². The minimum Gasteiger partial charge on any atom is -0.309 e. The van der Waals surface area contributed by atoms with Crippen molar-refractivity contribution in [3.8, 4) is 0 Å². The Morgan fingerprint density at radius 3 is 2.77 bits per heavy atom. The Hall–Kier alpha value is -2.26. The first-order valence-electron chi connectivity index (χ1n) is 10.3. The van der Waals surface area contributed by atoms with Crippen LogP contribution in [0.2, 0.25) is 5.02 Å². The van der Waals surface area contributed by atoms with Crippen LogP contribution in [0.1, 0.15) is 24.2 Å². The normalized spacial score (nSPS) is 17.8. The van der Waals surface area contributed by atoms with E-state index in [1.807, 2.05) is 6.92 Å². The van der Waals surface area contributed by atoms with Gasteiger partial charge >= 0.3 is 0 Å². The van der Waals surface area contributed by atoms with Crippen LogP contribution in [0.3, 0.4) is 0 Å². The number of aryl methyl sites for hydroxylation is 1. The zero-order valence-electron chi connectivity index (χ0n) is 17.3. The van der Waals surface area contributed by atoms with Gasteiger partial charge in [0.2, 0.25) is 10.0 Å². The van der Waals surface area contributed by atoms with E-state index in [4.69, 9.17) is 11.6 Å². The summed E-state index contributed by atoms with van der Waals surface area (Å²) >= 11 is 5.97. The minimum atomic E-state index is -3.53. The van der Waals surface area contributed by atoms with Crippen LogP contribution < -0.4 is 10.3 Å². The summed E-state index contributed by atoms with van der Waals surface area (Å²) in [5.41, 5.74) is 1.43. The maximum absolute atomic E-state index is 12.6. The van der Waals surface area contributed by atoms with Crippen LogP contribution in [-0.4, -0.2) is 42.9 Å². The number of piperidine rings is 1. The Kier molecular flexibility index (Phi) is 6.43. The monoisotopic (exact) mass is 460 g/mol. The fraction of sp³-hybridized carbons (Fsp3) is 0.364. The number of sulfonamides is 1. The summed E-state index contributed by atoms with van der Waals surface area (Å²) in [7, 11) is -3.53. The third-order valence-electron chi connectivity index (χ3n) is 5.59. The predicted octanol–water partition coefficient (Wildman–Crippen LogP) is 3.08.